The molecule has 1 aliphatic rings. The standard InChI is InChI=1S/C5H8N2S/c1-4-2-3-7-5(6)8-4/h2H,3H2,1H3,(H2,6,7). The van der Waals surface area contributed by atoms with E-state index in [2.05, 4.69) is 11.1 Å². The SMILES string of the molecule is CC1=CCN=C(N)S1. The van der Waals surface area contributed by atoms with Crippen LogP contribution in [-0.4, -0.2) is 11.7 Å². The topological polar surface area (TPSA) is 38.4 Å². The molecule has 1 aliphatic heterocycles. The molecular formula is C5H8N2S. The van der Waals surface area contributed by atoms with Crippen molar-refractivity contribution >= 4 is 16.9 Å². The van der Waals surface area contributed by atoms with Gasteiger partial charge in [0, 0.05) is 0 Å². The fourth-order valence-electron chi connectivity index (χ4n) is 0.503. The number of nitrogens with zero attached hydrogens (tertiary/aromatic N) is 1. The van der Waals surface area contributed by atoms with Gasteiger partial charge < -0.3 is 5.73 Å². The highest BCUT2D eigenvalue weighted by Gasteiger charge is 1.98. The number of aliphatic imine (C=N–C) groups is 1. The molecule has 0 saturated carbocycles. The molecule has 2 N–H and O–H groups in total. The lowest BCUT2D eigenvalue weighted by Gasteiger charge is -2.03. The van der Waals surface area contributed by atoms with Gasteiger partial charge in [0.05, 0.1) is 6.54 Å². The molecule has 0 atom stereocenters. The van der Waals surface area contributed by atoms with Crippen molar-refractivity contribution in [2.45, 2.75) is 6.92 Å². The first kappa shape index (κ1) is 5.69. The van der Waals surface area contributed by atoms with Crippen molar-refractivity contribution < 1.29 is 0 Å². The highest BCUT2D eigenvalue weighted by Crippen LogP contribution is 2.16. The van der Waals surface area contributed by atoms with Crippen LogP contribution in [0, 0.1) is 0 Å². The highest BCUT2D eigenvalue weighted by atomic mass is 32.2. The third-order valence-corrected chi connectivity index (χ3v) is 1.72. The Hall–Kier alpha value is -0.440. The zero-order valence-electron chi connectivity index (χ0n) is 4.72. The van der Waals surface area contributed by atoms with Crippen LogP contribution in [0.25, 0.3) is 0 Å². The molecule has 0 radical (unpaired) electrons. The predicted octanol–water partition coefficient (Wildman–Crippen LogP) is 0.952. The maximum Gasteiger partial charge on any atom is 0.158 e. The van der Waals surface area contributed by atoms with Crippen LogP contribution < -0.4 is 5.73 Å². The van der Waals surface area contributed by atoms with Crippen molar-refractivity contribution in [1.82, 2.24) is 0 Å². The number of nitrogens with two attached hydrogens (primary N) is 1. The Balaban J connectivity index is 2.57. The van der Waals surface area contributed by atoms with Gasteiger partial charge >= 0.3 is 0 Å². The summed E-state index contributed by atoms with van der Waals surface area (Å²) in [6.45, 7) is 2.79. The van der Waals surface area contributed by atoms with E-state index >= 15 is 0 Å². The number of hydrogen-bond donors (Lipinski definition) is 1. The van der Waals surface area contributed by atoms with Crippen molar-refractivity contribution in [3.8, 4) is 0 Å². The monoisotopic (exact) mass is 128 g/mol. The average molecular weight is 128 g/mol. The Morgan fingerprint density at radius 1 is 1.88 bits per heavy atom. The normalized spacial score (nSPS) is 19.6. The largest absolute Gasteiger partial charge is 0.378 e. The summed E-state index contributed by atoms with van der Waals surface area (Å²) in [4.78, 5) is 5.21. The molecule has 0 amide bonds. The van der Waals surface area contributed by atoms with Crippen LogP contribution in [0.2, 0.25) is 0 Å². The van der Waals surface area contributed by atoms with Crippen molar-refractivity contribution in [2.75, 3.05) is 6.54 Å². The second-order valence-corrected chi connectivity index (χ2v) is 2.86. The molecule has 2 nitrogen and oxygen atoms in total. The van der Waals surface area contributed by atoms with Gasteiger partial charge in [-0.3, -0.25) is 4.99 Å². The Labute approximate surface area is 52.9 Å². The molecule has 44 valence electrons. The Kier molecular flexibility index (Phi) is 1.58. The number of thioether (sulfide) groups is 1. The first-order valence-electron chi connectivity index (χ1n) is 2.43. The first-order valence-corrected chi connectivity index (χ1v) is 3.25. The molecule has 1 heterocycles. The molecule has 0 spiro atoms. The van der Waals surface area contributed by atoms with Crippen LogP contribution in [0.1, 0.15) is 6.92 Å². The summed E-state index contributed by atoms with van der Waals surface area (Å²) in [7, 11) is 0. The molecule has 0 saturated heterocycles. The van der Waals surface area contributed by atoms with E-state index in [0.29, 0.717) is 5.17 Å². The molecule has 1 rings (SSSR count). The molecule has 0 unspecified atom stereocenters. The maximum absolute atomic E-state index is 5.40. The van der Waals surface area contributed by atoms with Gasteiger partial charge in [-0.2, -0.15) is 0 Å². The van der Waals surface area contributed by atoms with Crippen molar-refractivity contribution in [1.29, 1.82) is 0 Å². The molecular weight excluding hydrogens is 120 g/mol. The molecule has 0 fully saturated rings. The second-order valence-electron chi connectivity index (χ2n) is 1.60. The summed E-state index contributed by atoms with van der Waals surface area (Å²) in [5, 5.41) is 0.685. The molecule has 0 aromatic carbocycles. The average Bonchev–Trinajstić information content (AvgIpc) is 1.64. The minimum atomic E-state index is 0.685. The van der Waals surface area contributed by atoms with E-state index in [4.69, 9.17) is 5.73 Å². The van der Waals surface area contributed by atoms with E-state index in [0.717, 1.165) is 6.54 Å². The molecule has 0 aromatic rings. The molecule has 0 aliphatic carbocycles. The summed E-state index contributed by atoms with van der Waals surface area (Å²) in [6, 6.07) is 0. The van der Waals surface area contributed by atoms with E-state index in [1.807, 2.05) is 6.92 Å². The van der Waals surface area contributed by atoms with E-state index in [1.54, 1.807) is 0 Å². The number of rotatable bonds is 0. The first-order chi connectivity index (χ1) is 3.79. The third-order valence-electron chi connectivity index (χ3n) is 0.891. The lowest BCUT2D eigenvalue weighted by molar-refractivity contribution is 1.22. The van der Waals surface area contributed by atoms with Crippen LogP contribution in [0.15, 0.2) is 16.0 Å². The zero-order valence-corrected chi connectivity index (χ0v) is 5.53. The summed E-state index contributed by atoms with van der Waals surface area (Å²) in [5.41, 5.74) is 5.40. The van der Waals surface area contributed by atoms with Gasteiger partial charge in [0.2, 0.25) is 0 Å². The van der Waals surface area contributed by atoms with Crippen molar-refractivity contribution in [3.05, 3.63) is 11.0 Å². The van der Waals surface area contributed by atoms with Gasteiger partial charge in [-0.1, -0.05) is 17.8 Å². The van der Waals surface area contributed by atoms with Crippen molar-refractivity contribution in [3.63, 3.8) is 0 Å². The van der Waals surface area contributed by atoms with Crippen molar-refractivity contribution in [2.24, 2.45) is 10.7 Å². The number of allylic oxidation sites excluding steroid dienone is 1. The van der Waals surface area contributed by atoms with Gasteiger partial charge in [-0.25, -0.2) is 0 Å². The Bertz CT molecular complexity index is 133. The smallest absolute Gasteiger partial charge is 0.158 e. The minimum Gasteiger partial charge on any atom is -0.378 e. The van der Waals surface area contributed by atoms with E-state index in [9.17, 15) is 0 Å². The number of amidine groups is 1. The van der Waals surface area contributed by atoms with Gasteiger partial charge in [0.1, 0.15) is 0 Å². The van der Waals surface area contributed by atoms with Crippen LogP contribution >= 0.6 is 11.8 Å². The predicted molar refractivity (Wildman–Crippen MR) is 37.8 cm³/mol. The van der Waals surface area contributed by atoms with E-state index < -0.39 is 0 Å². The third kappa shape index (κ3) is 1.26. The van der Waals surface area contributed by atoms with Gasteiger partial charge in [0.15, 0.2) is 5.17 Å². The van der Waals surface area contributed by atoms with E-state index in [1.165, 1.54) is 16.7 Å². The Morgan fingerprint density at radius 2 is 2.62 bits per heavy atom. The second kappa shape index (κ2) is 2.22. The van der Waals surface area contributed by atoms with Crippen LogP contribution in [0.3, 0.4) is 0 Å². The fourth-order valence-corrected chi connectivity index (χ4v) is 1.13. The Morgan fingerprint density at radius 3 is 3.00 bits per heavy atom. The van der Waals surface area contributed by atoms with Crippen LogP contribution in [-0.2, 0) is 0 Å². The van der Waals surface area contributed by atoms with Gasteiger partial charge in [-0.05, 0) is 11.8 Å². The highest BCUT2D eigenvalue weighted by molar-refractivity contribution is 8.17. The lowest BCUT2D eigenvalue weighted by atomic mass is 10.5. The van der Waals surface area contributed by atoms with Crippen LogP contribution in [0.4, 0.5) is 0 Å². The maximum atomic E-state index is 5.40. The lowest BCUT2D eigenvalue weighted by Crippen LogP contribution is -2.09. The summed E-state index contributed by atoms with van der Waals surface area (Å²) >= 11 is 1.53. The summed E-state index contributed by atoms with van der Waals surface area (Å²) in [5.74, 6) is 0. The molecule has 0 aromatic heterocycles. The molecule has 3 heteroatoms. The number of hydrogen-bond acceptors (Lipinski definition) is 3. The minimum absolute atomic E-state index is 0.685. The van der Waals surface area contributed by atoms with E-state index in [-0.39, 0.29) is 0 Å². The fraction of sp³-hybridized carbons (Fsp3) is 0.400. The molecule has 8 heavy (non-hydrogen) atoms. The van der Waals surface area contributed by atoms with Gasteiger partial charge in [0.25, 0.3) is 0 Å². The zero-order chi connectivity index (χ0) is 5.98. The summed E-state index contributed by atoms with van der Waals surface area (Å²) < 4.78 is 0. The molecule has 0 bridgehead atoms. The van der Waals surface area contributed by atoms with Gasteiger partial charge in [-0.15, -0.1) is 0 Å². The van der Waals surface area contributed by atoms with Crippen LogP contribution in [0.5, 0.6) is 0 Å². The quantitative estimate of drug-likeness (QED) is 0.527. The summed E-state index contributed by atoms with van der Waals surface area (Å²) in [6.07, 6.45) is 2.06.